The van der Waals surface area contributed by atoms with E-state index in [0.29, 0.717) is 5.71 Å². The molecule has 0 amide bonds. The van der Waals surface area contributed by atoms with Crippen molar-refractivity contribution < 1.29 is 9.52 Å². The van der Waals surface area contributed by atoms with Crippen LogP contribution in [0.2, 0.25) is 0 Å². The van der Waals surface area contributed by atoms with Crippen molar-refractivity contribution in [1.82, 2.24) is 4.98 Å². The summed E-state index contributed by atoms with van der Waals surface area (Å²) in [6.45, 7) is 0. The Hall–Kier alpha value is -1.51. The van der Waals surface area contributed by atoms with Gasteiger partial charge in [0.1, 0.15) is 5.75 Å². The highest BCUT2D eigenvalue weighted by atomic mass is 16.3. The number of nitrogens with zero attached hydrogens (tertiary/aromatic N) is 1. The Morgan fingerprint density at radius 1 is 1.50 bits per heavy atom. The zero-order chi connectivity index (χ0) is 6.97. The van der Waals surface area contributed by atoms with Crippen molar-refractivity contribution in [2.24, 2.45) is 0 Å². The summed E-state index contributed by atoms with van der Waals surface area (Å²) in [6, 6.07) is 3.36. The lowest BCUT2D eigenvalue weighted by molar-refractivity contribution is 0.473. The van der Waals surface area contributed by atoms with Gasteiger partial charge in [0.15, 0.2) is 0 Å². The third kappa shape index (κ3) is 0.639. The van der Waals surface area contributed by atoms with Crippen LogP contribution in [0.15, 0.2) is 29.0 Å². The SMILES string of the molecule is Oc1cnc2occc2c1. The van der Waals surface area contributed by atoms with Crippen LogP contribution in [0.5, 0.6) is 5.75 Å². The maximum Gasteiger partial charge on any atom is 0.226 e. The number of aromatic nitrogens is 1. The van der Waals surface area contributed by atoms with E-state index in [4.69, 9.17) is 9.52 Å². The first-order valence-electron chi connectivity index (χ1n) is 2.88. The van der Waals surface area contributed by atoms with E-state index >= 15 is 0 Å². The third-order valence-corrected chi connectivity index (χ3v) is 1.29. The number of rotatable bonds is 0. The molecule has 0 aromatic carbocycles. The van der Waals surface area contributed by atoms with Gasteiger partial charge in [-0.05, 0) is 12.1 Å². The molecule has 2 rings (SSSR count). The van der Waals surface area contributed by atoms with E-state index in [1.165, 1.54) is 12.5 Å². The lowest BCUT2D eigenvalue weighted by atomic mass is 10.3. The Labute approximate surface area is 56.9 Å². The maximum absolute atomic E-state index is 8.94. The number of hydrogen-bond acceptors (Lipinski definition) is 3. The molecule has 0 aliphatic carbocycles. The predicted molar refractivity (Wildman–Crippen MR) is 35.7 cm³/mol. The second-order valence-electron chi connectivity index (χ2n) is 2.01. The van der Waals surface area contributed by atoms with Gasteiger partial charge in [0.25, 0.3) is 0 Å². The maximum atomic E-state index is 8.94. The van der Waals surface area contributed by atoms with Gasteiger partial charge in [0.2, 0.25) is 5.71 Å². The van der Waals surface area contributed by atoms with Gasteiger partial charge in [0.05, 0.1) is 12.5 Å². The van der Waals surface area contributed by atoms with Crippen molar-refractivity contribution in [1.29, 1.82) is 0 Å². The molecule has 3 nitrogen and oxygen atoms in total. The van der Waals surface area contributed by atoms with E-state index in [1.54, 1.807) is 12.1 Å². The van der Waals surface area contributed by atoms with E-state index in [-0.39, 0.29) is 5.75 Å². The van der Waals surface area contributed by atoms with Crippen LogP contribution in [0.4, 0.5) is 0 Å². The molecular weight excluding hydrogens is 130 g/mol. The summed E-state index contributed by atoms with van der Waals surface area (Å²) in [7, 11) is 0. The number of hydrogen-bond donors (Lipinski definition) is 1. The minimum Gasteiger partial charge on any atom is -0.506 e. The topological polar surface area (TPSA) is 46.3 Å². The fraction of sp³-hybridized carbons (Fsp3) is 0. The highest BCUT2D eigenvalue weighted by molar-refractivity contribution is 5.74. The Morgan fingerprint density at radius 3 is 3.30 bits per heavy atom. The summed E-state index contributed by atoms with van der Waals surface area (Å²) in [6.07, 6.45) is 2.89. The van der Waals surface area contributed by atoms with Crippen molar-refractivity contribution in [2.45, 2.75) is 0 Å². The van der Waals surface area contributed by atoms with Crippen LogP contribution in [-0.4, -0.2) is 10.1 Å². The molecule has 0 fully saturated rings. The molecule has 0 unspecified atom stereocenters. The predicted octanol–water partition coefficient (Wildman–Crippen LogP) is 1.53. The molecule has 2 aromatic rings. The molecule has 10 heavy (non-hydrogen) atoms. The molecule has 0 spiro atoms. The van der Waals surface area contributed by atoms with Crippen LogP contribution in [0.25, 0.3) is 11.1 Å². The van der Waals surface area contributed by atoms with Crippen LogP contribution in [0, 0.1) is 0 Å². The summed E-state index contributed by atoms with van der Waals surface area (Å²) in [5.74, 6) is 0.161. The van der Waals surface area contributed by atoms with Gasteiger partial charge in [-0.25, -0.2) is 4.98 Å². The van der Waals surface area contributed by atoms with Crippen LogP contribution in [0.3, 0.4) is 0 Å². The van der Waals surface area contributed by atoms with Crippen molar-refractivity contribution in [3.63, 3.8) is 0 Å². The molecule has 0 radical (unpaired) electrons. The number of aromatic hydroxyl groups is 1. The molecule has 0 aliphatic rings. The minimum absolute atomic E-state index is 0.161. The monoisotopic (exact) mass is 135 g/mol. The van der Waals surface area contributed by atoms with E-state index in [1.807, 2.05) is 0 Å². The molecule has 0 aliphatic heterocycles. The van der Waals surface area contributed by atoms with Gasteiger partial charge in [-0.1, -0.05) is 0 Å². The first-order valence-corrected chi connectivity index (χ1v) is 2.88. The summed E-state index contributed by atoms with van der Waals surface area (Å²) in [4.78, 5) is 3.82. The van der Waals surface area contributed by atoms with Crippen LogP contribution in [-0.2, 0) is 0 Å². The van der Waals surface area contributed by atoms with E-state index in [0.717, 1.165) is 5.39 Å². The molecular formula is C7H5NO2. The highest BCUT2D eigenvalue weighted by Crippen LogP contribution is 2.16. The van der Waals surface area contributed by atoms with Crippen LogP contribution in [0.1, 0.15) is 0 Å². The molecule has 3 heteroatoms. The lowest BCUT2D eigenvalue weighted by Gasteiger charge is -1.87. The van der Waals surface area contributed by atoms with Crippen LogP contribution >= 0.6 is 0 Å². The van der Waals surface area contributed by atoms with Gasteiger partial charge in [-0.3, -0.25) is 0 Å². The Morgan fingerprint density at radius 2 is 2.40 bits per heavy atom. The average molecular weight is 135 g/mol. The summed E-state index contributed by atoms with van der Waals surface area (Å²) >= 11 is 0. The van der Waals surface area contributed by atoms with Gasteiger partial charge in [0, 0.05) is 5.39 Å². The fourth-order valence-electron chi connectivity index (χ4n) is 0.847. The first-order chi connectivity index (χ1) is 4.86. The van der Waals surface area contributed by atoms with Crippen molar-refractivity contribution in [3.05, 3.63) is 24.6 Å². The second kappa shape index (κ2) is 1.73. The standard InChI is InChI=1S/C7H5NO2/c9-6-3-5-1-2-10-7(5)8-4-6/h1-4,9H. The minimum atomic E-state index is 0.161. The third-order valence-electron chi connectivity index (χ3n) is 1.29. The van der Waals surface area contributed by atoms with Gasteiger partial charge < -0.3 is 9.52 Å². The van der Waals surface area contributed by atoms with E-state index in [9.17, 15) is 0 Å². The molecule has 0 saturated heterocycles. The molecule has 1 N–H and O–H groups in total. The molecule has 0 saturated carbocycles. The molecule has 50 valence electrons. The number of fused-ring (bicyclic) bond motifs is 1. The Balaban J connectivity index is 2.86. The van der Waals surface area contributed by atoms with Gasteiger partial charge >= 0.3 is 0 Å². The smallest absolute Gasteiger partial charge is 0.226 e. The lowest BCUT2D eigenvalue weighted by Crippen LogP contribution is -1.70. The van der Waals surface area contributed by atoms with Crippen molar-refractivity contribution >= 4 is 11.1 Å². The molecule has 2 heterocycles. The molecule has 0 bridgehead atoms. The van der Waals surface area contributed by atoms with Gasteiger partial charge in [-0.2, -0.15) is 0 Å². The first kappa shape index (κ1) is 5.29. The number of furan rings is 1. The largest absolute Gasteiger partial charge is 0.506 e. The molecule has 0 atom stereocenters. The number of pyridine rings is 1. The van der Waals surface area contributed by atoms with E-state index in [2.05, 4.69) is 4.98 Å². The van der Waals surface area contributed by atoms with Crippen molar-refractivity contribution in [3.8, 4) is 5.75 Å². The Kier molecular flexibility index (Phi) is 0.917. The molecule has 2 aromatic heterocycles. The normalized spacial score (nSPS) is 10.4. The van der Waals surface area contributed by atoms with Crippen LogP contribution < -0.4 is 0 Å². The van der Waals surface area contributed by atoms with Crippen molar-refractivity contribution in [2.75, 3.05) is 0 Å². The fourth-order valence-corrected chi connectivity index (χ4v) is 0.847. The zero-order valence-corrected chi connectivity index (χ0v) is 5.11. The highest BCUT2D eigenvalue weighted by Gasteiger charge is 1.96. The zero-order valence-electron chi connectivity index (χ0n) is 5.11. The quantitative estimate of drug-likeness (QED) is 0.595. The van der Waals surface area contributed by atoms with E-state index < -0.39 is 0 Å². The summed E-state index contributed by atoms with van der Waals surface area (Å²) < 4.78 is 4.95. The summed E-state index contributed by atoms with van der Waals surface area (Å²) in [5.41, 5.74) is 0.554. The van der Waals surface area contributed by atoms with Gasteiger partial charge in [-0.15, -0.1) is 0 Å². The average Bonchev–Trinajstić information content (AvgIpc) is 2.33. The second-order valence-corrected chi connectivity index (χ2v) is 2.01. The Bertz CT molecular complexity index is 353. The summed E-state index contributed by atoms with van der Waals surface area (Å²) in [5, 5.41) is 9.76.